The van der Waals surface area contributed by atoms with Gasteiger partial charge in [0.05, 0.1) is 23.7 Å². The number of carbonyl (C=O) groups is 1. The van der Waals surface area contributed by atoms with E-state index in [1.54, 1.807) is 12.4 Å². The third kappa shape index (κ3) is 6.27. The summed E-state index contributed by atoms with van der Waals surface area (Å²) in [5, 5.41) is 0.640. The predicted molar refractivity (Wildman–Crippen MR) is 151 cm³/mol. The average Bonchev–Trinajstić information content (AvgIpc) is 3.53. The zero-order chi connectivity index (χ0) is 27.7. The lowest BCUT2D eigenvalue weighted by Gasteiger charge is -2.32. The van der Waals surface area contributed by atoms with Gasteiger partial charge in [0.1, 0.15) is 23.2 Å². The van der Waals surface area contributed by atoms with Gasteiger partial charge in [-0.05, 0) is 37.7 Å². The van der Waals surface area contributed by atoms with Crippen LogP contribution in [0.15, 0.2) is 54.9 Å². The number of imidazole rings is 1. The van der Waals surface area contributed by atoms with Gasteiger partial charge in [-0.25, -0.2) is 9.78 Å². The fourth-order valence-electron chi connectivity index (χ4n) is 4.76. The van der Waals surface area contributed by atoms with Crippen LogP contribution < -0.4 is 4.74 Å². The van der Waals surface area contributed by atoms with Gasteiger partial charge in [0, 0.05) is 44.4 Å². The maximum absolute atomic E-state index is 13.6. The van der Waals surface area contributed by atoms with Crippen LogP contribution in [0.2, 0.25) is 0 Å². The largest absolute Gasteiger partial charge is 0.484 e. The Morgan fingerprint density at radius 2 is 1.82 bits per heavy atom. The first-order chi connectivity index (χ1) is 18.6. The molecule has 1 atom stereocenters. The first-order valence-electron chi connectivity index (χ1n) is 12.6. The summed E-state index contributed by atoms with van der Waals surface area (Å²) in [6.45, 7) is 6.40. The van der Waals surface area contributed by atoms with Crippen molar-refractivity contribution in [2.75, 3.05) is 40.3 Å². The molecule has 1 saturated heterocycles. The molecule has 0 N–H and O–H groups in total. The van der Waals surface area contributed by atoms with E-state index in [0.717, 1.165) is 66.7 Å². The summed E-state index contributed by atoms with van der Waals surface area (Å²) in [6, 6.07) is 13.0. The highest BCUT2D eigenvalue weighted by molar-refractivity contribution is 7.16. The van der Waals surface area contributed by atoms with Crippen LogP contribution in [0.3, 0.4) is 0 Å². The van der Waals surface area contributed by atoms with Crippen LogP contribution in [-0.2, 0) is 17.5 Å². The number of hydrogen-bond donors (Lipinski definition) is 0. The van der Waals surface area contributed by atoms with E-state index < -0.39 is 23.8 Å². The number of aromatic nitrogens is 2. The Morgan fingerprint density at radius 3 is 2.52 bits per heavy atom. The minimum atomic E-state index is -4.53. The summed E-state index contributed by atoms with van der Waals surface area (Å²) in [7, 11) is 3.38. The lowest BCUT2D eigenvalue weighted by molar-refractivity contribution is -0.139. The molecule has 214 valence electrons. The van der Waals surface area contributed by atoms with Crippen molar-refractivity contribution in [3.8, 4) is 10.8 Å². The number of carbonyl (C=O) groups excluding carboxylic acids is 1. The first kappa shape index (κ1) is 29.9. The number of nitrogens with zero attached hydrogens (tertiary/aromatic N) is 4. The molecule has 2 aromatic carbocycles. The van der Waals surface area contributed by atoms with Crippen LogP contribution >= 0.6 is 23.7 Å². The van der Waals surface area contributed by atoms with Gasteiger partial charge in [-0.1, -0.05) is 24.3 Å². The SMILES string of the molecule is COC(=O)c1sc(-n2cnc3ccc(CN4CCN(C)CC4)cc32)cc1O[C@H](C)c1ccccc1C(F)(F)F.Cl. The van der Waals surface area contributed by atoms with Crippen LogP contribution in [0.25, 0.3) is 16.0 Å². The molecule has 1 aliphatic heterocycles. The third-order valence-electron chi connectivity index (χ3n) is 6.91. The van der Waals surface area contributed by atoms with Crippen molar-refractivity contribution in [3.63, 3.8) is 0 Å². The van der Waals surface area contributed by atoms with E-state index in [4.69, 9.17) is 9.47 Å². The number of likely N-dealkylation sites (N-methyl/N-ethyl adjacent to an activating group) is 1. The van der Waals surface area contributed by atoms with E-state index in [1.165, 1.54) is 32.2 Å². The molecule has 3 heterocycles. The second kappa shape index (κ2) is 12.2. The molecule has 12 heteroatoms. The number of esters is 1. The summed E-state index contributed by atoms with van der Waals surface area (Å²) >= 11 is 1.14. The molecule has 5 rings (SSSR count). The number of alkyl halides is 3. The van der Waals surface area contributed by atoms with Crippen molar-refractivity contribution in [3.05, 3.63) is 76.4 Å². The molecular formula is C28H30ClF3N4O3S. The van der Waals surface area contributed by atoms with Gasteiger partial charge in [-0.15, -0.1) is 23.7 Å². The Hall–Kier alpha value is -3.12. The van der Waals surface area contributed by atoms with E-state index in [9.17, 15) is 18.0 Å². The van der Waals surface area contributed by atoms with Gasteiger partial charge in [-0.2, -0.15) is 13.2 Å². The number of hydrogen-bond acceptors (Lipinski definition) is 7. The Kier molecular flexibility index (Phi) is 9.09. The normalized spacial score (nSPS) is 15.6. The topological polar surface area (TPSA) is 59.8 Å². The number of ether oxygens (including phenoxy) is 2. The Morgan fingerprint density at radius 1 is 1.10 bits per heavy atom. The second-order valence-electron chi connectivity index (χ2n) is 9.63. The van der Waals surface area contributed by atoms with Crippen LogP contribution in [0, 0.1) is 0 Å². The minimum absolute atomic E-state index is 0. The molecule has 0 unspecified atom stereocenters. The number of rotatable bonds is 7. The van der Waals surface area contributed by atoms with E-state index in [1.807, 2.05) is 10.6 Å². The van der Waals surface area contributed by atoms with Crippen molar-refractivity contribution in [2.45, 2.75) is 25.7 Å². The van der Waals surface area contributed by atoms with Crippen LogP contribution in [0.5, 0.6) is 5.75 Å². The molecule has 0 amide bonds. The number of methoxy groups -OCH3 is 1. The Balaban J connectivity index is 0.00000370. The van der Waals surface area contributed by atoms with Gasteiger partial charge in [0.25, 0.3) is 0 Å². The van der Waals surface area contributed by atoms with E-state index >= 15 is 0 Å². The molecule has 0 saturated carbocycles. The van der Waals surface area contributed by atoms with Crippen LogP contribution in [0.1, 0.15) is 39.4 Å². The highest BCUT2D eigenvalue weighted by Gasteiger charge is 2.35. The molecular weight excluding hydrogens is 565 g/mol. The zero-order valence-electron chi connectivity index (χ0n) is 22.3. The standard InChI is InChI=1S/C28H29F3N4O3S.ClH/c1-18(20-6-4-5-7-21(20)28(29,30)31)38-24-15-25(39-26(24)27(36)37-3)35-17-32-22-9-8-19(14-23(22)35)16-34-12-10-33(2)11-13-34;/h4-9,14-15,17-18H,10-13,16H2,1-3H3;1H/t18-;/m1./s1. The lowest BCUT2D eigenvalue weighted by atomic mass is 10.0. The van der Waals surface area contributed by atoms with Crippen molar-refractivity contribution in [2.24, 2.45) is 0 Å². The Labute approximate surface area is 240 Å². The highest BCUT2D eigenvalue weighted by atomic mass is 35.5. The zero-order valence-corrected chi connectivity index (χ0v) is 23.9. The molecule has 2 aromatic heterocycles. The van der Waals surface area contributed by atoms with Gasteiger partial charge in [0.15, 0.2) is 4.88 Å². The Bertz CT molecular complexity index is 1480. The van der Waals surface area contributed by atoms with E-state index in [-0.39, 0.29) is 28.6 Å². The number of benzene rings is 2. The minimum Gasteiger partial charge on any atom is -0.484 e. The van der Waals surface area contributed by atoms with Gasteiger partial charge < -0.3 is 14.4 Å². The van der Waals surface area contributed by atoms with Gasteiger partial charge in [0.2, 0.25) is 0 Å². The summed E-state index contributed by atoms with van der Waals surface area (Å²) in [5.74, 6) is -0.473. The molecule has 0 bridgehead atoms. The van der Waals surface area contributed by atoms with E-state index in [0.29, 0.717) is 5.00 Å². The quantitative estimate of drug-likeness (QED) is 0.237. The average molecular weight is 595 g/mol. The van der Waals surface area contributed by atoms with Gasteiger partial charge in [-0.3, -0.25) is 9.47 Å². The number of fused-ring (bicyclic) bond motifs is 1. The molecule has 40 heavy (non-hydrogen) atoms. The van der Waals surface area contributed by atoms with Crippen molar-refractivity contribution >= 4 is 40.7 Å². The number of halogens is 4. The van der Waals surface area contributed by atoms with Crippen molar-refractivity contribution < 1.29 is 27.4 Å². The molecule has 0 aliphatic carbocycles. The fourth-order valence-corrected chi connectivity index (χ4v) is 5.75. The van der Waals surface area contributed by atoms with Gasteiger partial charge >= 0.3 is 12.1 Å². The van der Waals surface area contributed by atoms with Crippen LogP contribution in [-0.4, -0.2) is 65.7 Å². The summed E-state index contributed by atoms with van der Waals surface area (Å²) < 4.78 is 53.6. The fraction of sp³-hybridized carbons (Fsp3) is 0.357. The third-order valence-corrected chi connectivity index (χ3v) is 8.01. The van der Waals surface area contributed by atoms with Crippen molar-refractivity contribution in [1.82, 2.24) is 19.4 Å². The summed E-state index contributed by atoms with van der Waals surface area (Å²) in [5.41, 5.74) is 2.00. The molecule has 7 nitrogen and oxygen atoms in total. The molecule has 0 spiro atoms. The van der Waals surface area contributed by atoms with E-state index in [2.05, 4.69) is 34.0 Å². The summed E-state index contributed by atoms with van der Waals surface area (Å²) in [4.78, 5) is 22.0. The van der Waals surface area contributed by atoms with Crippen molar-refractivity contribution in [1.29, 1.82) is 0 Å². The highest BCUT2D eigenvalue weighted by Crippen LogP contribution is 2.39. The number of piperazine rings is 1. The monoisotopic (exact) mass is 594 g/mol. The maximum Gasteiger partial charge on any atom is 0.416 e. The van der Waals surface area contributed by atoms with Crippen LogP contribution in [0.4, 0.5) is 13.2 Å². The first-order valence-corrected chi connectivity index (χ1v) is 13.4. The molecule has 1 fully saturated rings. The predicted octanol–water partition coefficient (Wildman–Crippen LogP) is 6.20. The molecule has 1 aliphatic rings. The summed E-state index contributed by atoms with van der Waals surface area (Å²) in [6.07, 6.45) is -3.83. The lowest BCUT2D eigenvalue weighted by Crippen LogP contribution is -2.43. The maximum atomic E-state index is 13.6. The molecule has 0 radical (unpaired) electrons. The second-order valence-corrected chi connectivity index (χ2v) is 10.7. The number of thiophene rings is 1. The molecule has 4 aromatic rings. The smallest absolute Gasteiger partial charge is 0.416 e.